The van der Waals surface area contributed by atoms with E-state index in [0.717, 1.165) is 12.8 Å². The van der Waals surface area contributed by atoms with Crippen molar-refractivity contribution in [2.45, 2.75) is 39.7 Å². The summed E-state index contributed by atoms with van der Waals surface area (Å²) in [6.45, 7) is 5.68. The molecular weight excluding hydrogens is 222 g/mol. The fourth-order valence-electron chi connectivity index (χ4n) is 2.07. The summed E-state index contributed by atoms with van der Waals surface area (Å²) in [5, 5.41) is 18.4. The highest BCUT2D eigenvalue weighted by Crippen LogP contribution is 2.25. The lowest BCUT2D eigenvalue weighted by molar-refractivity contribution is -0.159. The summed E-state index contributed by atoms with van der Waals surface area (Å²) in [6.07, 6.45) is 1.11. The number of rotatable bonds is 3. The monoisotopic (exact) mass is 243 g/mol. The molecule has 2 N–H and O–H groups in total. The minimum atomic E-state index is -1.36. The number of aliphatic hydroxyl groups is 1. The molecule has 0 aromatic heterocycles. The van der Waals surface area contributed by atoms with Crippen molar-refractivity contribution >= 4 is 11.9 Å². The second-order valence-corrected chi connectivity index (χ2v) is 5.30. The van der Waals surface area contributed by atoms with Gasteiger partial charge in [0.1, 0.15) is 5.41 Å². The van der Waals surface area contributed by atoms with E-state index in [9.17, 15) is 14.7 Å². The van der Waals surface area contributed by atoms with Gasteiger partial charge in [0, 0.05) is 13.1 Å². The van der Waals surface area contributed by atoms with Gasteiger partial charge in [-0.25, -0.2) is 0 Å². The molecule has 0 radical (unpaired) electrons. The molecule has 1 aliphatic heterocycles. The second-order valence-electron chi connectivity index (χ2n) is 5.30. The Kier molecular flexibility index (Phi) is 4.14. The molecule has 98 valence electrons. The molecule has 0 spiro atoms. The van der Waals surface area contributed by atoms with Gasteiger partial charge in [-0.15, -0.1) is 0 Å². The van der Waals surface area contributed by atoms with Gasteiger partial charge >= 0.3 is 5.97 Å². The highest BCUT2D eigenvalue weighted by atomic mass is 16.4. The van der Waals surface area contributed by atoms with Crippen LogP contribution in [0.2, 0.25) is 0 Å². The van der Waals surface area contributed by atoms with Crippen LogP contribution in [0.4, 0.5) is 0 Å². The molecule has 0 aromatic carbocycles. The molecule has 1 heterocycles. The normalized spacial score (nSPS) is 20.1. The van der Waals surface area contributed by atoms with Gasteiger partial charge in [0.2, 0.25) is 5.91 Å². The Morgan fingerprint density at radius 1 is 1.29 bits per heavy atom. The van der Waals surface area contributed by atoms with Crippen LogP contribution in [0.25, 0.3) is 0 Å². The van der Waals surface area contributed by atoms with Crippen molar-refractivity contribution in [3.63, 3.8) is 0 Å². The number of nitrogens with zero attached hydrogens (tertiary/aromatic N) is 1. The lowest BCUT2D eigenvalue weighted by Gasteiger charge is -2.36. The zero-order valence-corrected chi connectivity index (χ0v) is 10.6. The maximum atomic E-state index is 12.0. The molecule has 5 nitrogen and oxygen atoms in total. The first-order valence-electron chi connectivity index (χ1n) is 5.97. The first-order chi connectivity index (χ1) is 7.76. The van der Waals surface area contributed by atoms with E-state index in [1.165, 1.54) is 13.8 Å². The Bertz CT molecular complexity index is 304. The molecule has 0 bridgehead atoms. The highest BCUT2D eigenvalue weighted by Gasteiger charge is 2.40. The number of aliphatic hydroxyl groups excluding tert-OH is 1. The van der Waals surface area contributed by atoms with Crippen LogP contribution in [0.3, 0.4) is 0 Å². The Morgan fingerprint density at radius 3 is 2.12 bits per heavy atom. The van der Waals surface area contributed by atoms with E-state index in [1.807, 2.05) is 0 Å². The van der Waals surface area contributed by atoms with Crippen molar-refractivity contribution in [3.05, 3.63) is 0 Å². The maximum Gasteiger partial charge on any atom is 0.318 e. The van der Waals surface area contributed by atoms with E-state index in [1.54, 1.807) is 11.8 Å². The first kappa shape index (κ1) is 14.0. The van der Waals surface area contributed by atoms with Crippen LogP contribution in [0.15, 0.2) is 0 Å². The lowest BCUT2D eigenvalue weighted by atomic mass is 9.88. The number of hydrogen-bond donors (Lipinski definition) is 2. The van der Waals surface area contributed by atoms with Crippen molar-refractivity contribution in [1.29, 1.82) is 0 Å². The number of likely N-dealkylation sites (tertiary alicyclic amines) is 1. The van der Waals surface area contributed by atoms with Gasteiger partial charge in [-0.05, 0) is 39.5 Å². The van der Waals surface area contributed by atoms with Crippen LogP contribution in [0.1, 0.15) is 33.6 Å². The van der Waals surface area contributed by atoms with Gasteiger partial charge in [0.25, 0.3) is 0 Å². The zero-order chi connectivity index (χ0) is 13.2. The molecule has 0 aromatic rings. The number of carboxylic acid groups (broad SMARTS) is 1. The molecule has 17 heavy (non-hydrogen) atoms. The number of hydrogen-bond acceptors (Lipinski definition) is 3. The van der Waals surface area contributed by atoms with Crippen molar-refractivity contribution in [2.24, 2.45) is 11.3 Å². The predicted octanol–water partition coefficient (Wildman–Crippen LogP) is 0.717. The Hall–Kier alpha value is -1.10. The number of carboxylic acids is 1. The van der Waals surface area contributed by atoms with Gasteiger partial charge in [-0.3, -0.25) is 9.59 Å². The maximum absolute atomic E-state index is 12.0. The topological polar surface area (TPSA) is 77.8 Å². The van der Waals surface area contributed by atoms with Crippen LogP contribution in [-0.2, 0) is 9.59 Å². The van der Waals surface area contributed by atoms with E-state index in [2.05, 4.69) is 0 Å². The molecule has 1 saturated heterocycles. The number of aliphatic carboxylic acids is 1. The Labute approximate surface area is 101 Å². The fraction of sp³-hybridized carbons (Fsp3) is 0.833. The van der Waals surface area contributed by atoms with Crippen LogP contribution in [0.5, 0.6) is 0 Å². The minimum Gasteiger partial charge on any atom is -0.480 e. The van der Waals surface area contributed by atoms with E-state index in [0.29, 0.717) is 13.1 Å². The standard InChI is InChI=1S/C12H21NO4/c1-8(14)9-4-6-13(7-5-9)10(15)12(2,3)11(16)17/h8-9,14H,4-7H2,1-3H3,(H,16,17). The molecule has 0 saturated carbocycles. The summed E-state index contributed by atoms with van der Waals surface area (Å²) in [6, 6.07) is 0. The molecule has 0 aliphatic carbocycles. The number of piperidine rings is 1. The van der Waals surface area contributed by atoms with E-state index in [4.69, 9.17) is 5.11 Å². The average Bonchev–Trinajstić information content (AvgIpc) is 2.27. The SMILES string of the molecule is CC(O)C1CCN(C(=O)C(C)(C)C(=O)O)CC1. The summed E-state index contributed by atoms with van der Waals surface area (Å²) in [7, 11) is 0. The predicted molar refractivity (Wildman–Crippen MR) is 62.4 cm³/mol. The number of carbonyl (C=O) groups is 2. The molecule has 5 heteroatoms. The van der Waals surface area contributed by atoms with Gasteiger partial charge in [-0.2, -0.15) is 0 Å². The van der Waals surface area contributed by atoms with Gasteiger partial charge in [0.15, 0.2) is 0 Å². The second kappa shape index (κ2) is 5.04. The van der Waals surface area contributed by atoms with E-state index >= 15 is 0 Å². The summed E-state index contributed by atoms with van der Waals surface area (Å²) >= 11 is 0. The third kappa shape index (κ3) is 2.97. The van der Waals surface area contributed by atoms with E-state index < -0.39 is 11.4 Å². The van der Waals surface area contributed by atoms with Crippen LogP contribution < -0.4 is 0 Å². The van der Waals surface area contributed by atoms with Crippen molar-refractivity contribution in [3.8, 4) is 0 Å². The molecular formula is C12H21NO4. The Balaban J connectivity index is 2.60. The number of carbonyl (C=O) groups excluding carboxylic acids is 1. The van der Waals surface area contributed by atoms with Gasteiger partial charge < -0.3 is 15.1 Å². The first-order valence-corrected chi connectivity index (χ1v) is 5.97. The van der Waals surface area contributed by atoms with Crippen molar-refractivity contribution in [2.75, 3.05) is 13.1 Å². The summed E-state index contributed by atoms with van der Waals surface area (Å²) < 4.78 is 0. The molecule has 1 atom stereocenters. The third-order valence-corrected chi connectivity index (χ3v) is 3.58. The van der Waals surface area contributed by atoms with Crippen LogP contribution >= 0.6 is 0 Å². The summed E-state index contributed by atoms with van der Waals surface area (Å²) in [5.41, 5.74) is -1.36. The molecule has 1 rings (SSSR count). The third-order valence-electron chi connectivity index (χ3n) is 3.58. The van der Waals surface area contributed by atoms with Crippen molar-refractivity contribution in [1.82, 2.24) is 4.90 Å². The van der Waals surface area contributed by atoms with E-state index in [-0.39, 0.29) is 17.9 Å². The largest absolute Gasteiger partial charge is 0.480 e. The van der Waals surface area contributed by atoms with Crippen LogP contribution in [-0.4, -0.2) is 46.2 Å². The van der Waals surface area contributed by atoms with Crippen molar-refractivity contribution < 1.29 is 19.8 Å². The van der Waals surface area contributed by atoms with Gasteiger partial charge in [0.05, 0.1) is 6.10 Å². The number of amides is 1. The molecule has 1 amide bonds. The smallest absolute Gasteiger partial charge is 0.318 e. The van der Waals surface area contributed by atoms with Crippen LogP contribution in [0, 0.1) is 11.3 Å². The molecule has 1 aliphatic rings. The summed E-state index contributed by atoms with van der Waals surface area (Å²) in [4.78, 5) is 24.6. The minimum absolute atomic E-state index is 0.215. The van der Waals surface area contributed by atoms with Gasteiger partial charge in [-0.1, -0.05) is 0 Å². The lowest BCUT2D eigenvalue weighted by Crippen LogP contribution is -2.49. The molecule has 1 fully saturated rings. The highest BCUT2D eigenvalue weighted by molar-refractivity contribution is 6.01. The zero-order valence-electron chi connectivity index (χ0n) is 10.6. The average molecular weight is 243 g/mol. The molecule has 1 unspecified atom stereocenters. The summed E-state index contributed by atoms with van der Waals surface area (Å²) in [5.74, 6) is -1.22. The Morgan fingerprint density at radius 2 is 1.76 bits per heavy atom. The fourth-order valence-corrected chi connectivity index (χ4v) is 2.07. The quantitative estimate of drug-likeness (QED) is 0.716.